The summed E-state index contributed by atoms with van der Waals surface area (Å²) in [5.74, 6) is 0.0411. The van der Waals surface area contributed by atoms with Crippen LogP contribution in [0.2, 0.25) is 0 Å². The predicted octanol–water partition coefficient (Wildman–Crippen LogP) is 2.58. The Kier molecular flexibility index (Phi) is 5.83. The van der Waals surface area contributed by atoms with Crippen LogP contribution >= 0.6 is 0 Å². The van der Waals surface area contributed by atoms with Crippen LogP contribution in [0.5, 0.6) is 0 Å². The molecule has 1 aromatic heterocycles. The minimum Gasteiger partial charge on any atom is -0.463 e. The van der Waals surface area contributed by atoms with Crippen molar-refractivity contribution in [3.8, 4) is 0 Å². The number of allylic oxidation sites excluding steroid dienone is 1. The summed E-state index contributed by atoms with van der Waals surface area (Å²) in [6, 6.07) is 9.44. The number of esters is 1. The molecule has 1 saturated carbocycles. The van der Waals surface area contributed by atoms with E-state index in [1.807, 2.05) is 37.3 Å². The number of benzene rings is 1. The van der Waals surface area contributed by atoms with Crippen molar-refractivity contribution in [2.45, 2.75) is 51.6 Å². The van der Waals surface area contributed by atoms with Crippen LogP contribution in [0.1, 0.15) is 51.1 Å². The van der Waals surface area contributed by atoms with Crippen molar-refractivity contribution in [3.63, 3.8) is 0 Å². The second-order valence-corrected chi connectivity index (χ2v) is 7.67. The van der Waals surface area contributed by atoms with Crippen molar-refractivity contribution in [2.24, 2.45) is 0 Å². The zero-order valence-corrected chi connectivity index (χ0v) is 17.4. The molecule has 2 aromatic rings. The van der Waals surface area contributed by atoms with Crippen molar-refractivity contribution < 1.29 is 14.3 Å². The Bertz CT molecular complexity index is 947. The van der Waals surface area contributed by atoms with E-state index in [4.69, 9.17) is 4.74 Å². The number of ether oxygens (including phenoxy) is 1. The van der Waals surface area contributed by atoms with E-state index in [0.29, 0.717) is 17.2 Å². The van der Waals surface area contributed by atoms with E-state index in [0.717, 1.165) is 31.2 Å². The van der Waals surface area contributed by atoms with Crippen LogP contribution < -0.4 is 10.2 Å². The molecule has 1 atom stereocenters. The number of aromatic nitrogens is 3. The lowest BCUT2D eigenvalue weighted by atomic mass is 9.95. The fourth-order valence-electron chi connectivity index (χ4n) is 4.32. The van der Waals surface area contributed by atoms with Crippen molar-refractivity contribution in [2.75, 3.05) is 18.1 Å². The molecule has 2 aliphatic rings. The van der Waals surface area contributed by atoms with Gasteiger partial charge in [0.05, 0.1) is 12.2 Å². The normalized spacial score (nSPS) is 19.0. The highest BCUT2D eigenvalue weighted by molar-refractivity contribution is 5.93. The number of carbonyl (C=O) groups is 2. The summed E-state index contributed by atoms with van der Waals surface area (Å²) < 4.78 is 7.06. The number of hydrogen-bond acceptors (Lipinski definition) is 6. The summed E-state index contributed by atoms with van der Waals surface area (Å²) in [5, 5.41) is 7.50. The number of amides is 1. The molecule has 8 nitrogen and oxygen atoms in total. The Balaban J connectivity index is 1.71. The van der Waals surface area contributed by atoms with Crippen LogP contribution in [0.15, 0.2) is 47.9 Å². The second-order valence-electron chi connectivity index (χ2n) is 7.67. The first-order valence-corrected chi connectivity index (χ1v) is 10.5. The van der Waals surface area contributed by atoms with Crippen LogP contribution in [0.3, 0.4) is 0 Å². The number of hydrogen-bond donors (Lipinski definition) is 1. The summed E-state index contributed by atoms with van der Waals surface area (Å²) in [4.78, 5) is 31.9. The molecule has 0 saturated heterocycles. The first-order valence-electron chi connectivity index (χ1n) is 10.5. The van der Waals surface area contributed by atoms with Gasteiger partial charge in [0.1, 0.15) is 18.9 Å². The Labute approximate surface area is 175 Å². The van der Waals surface area contributed by atoms with Gasteiger partial charge in [0, 0.05) is 11.7 Å². The Morgan fingerprint density at radius 2 is 1.93 bits per heavy atom. The molecule has 0 radical (unpaired) electrons. The maximum absolute atomic E-state index is 13.0. The van der Waals surface area contributed by atoms with E-state index in [-0.39, 0.29) is 25.1 Å². The van der Waals surface area contributed by atoms with Gasteiger partial charge in [-0.25, -0.2) is 9.48 Å². The lowest BCUT2D eigenvalue weighted by molar-refractivity contribution is -0.139. The van der Waals surface area contributed by atoms with Crippen molar-refractivity contribution in [3.05, 3.63) is 53.5 Å². The SMILES string of the molecule is CCOC(=O)C1=C(C)N(CC(=O)NC2CCCC2)c2ncnn2[C@H]1c1ccccc1. The zero-order chi connectivity index (χ0) is 21.1. The summed E-state index contributed by atoms with van der Waals surface area (Å²) in [7, 11) is 0. The Hall–Kier alpha value is -3.16. The molecular weight excluding hydrogens is 382 g/mol. The molecule has 158 valence electrons. The quantitative estimate of drug-likeness (QED) is 0.738. The second kappa shape index (κ2) is 8.69. The van der Waals surface area contributed by atoms with Crippen LogP contribution in [0.4, 0.5) is 5.95 Å². The van der Waals surface area contributed by atoms with Crippen molar-refractivity contribution in [1.82, 2.24) is 20.1 Å². The summed E-state index contributed by atoms with van der Waals surface area (Å²) in [6.45, 7) is 3.96. The highest BCUT2D eigenvalue weighted by Crippen LogP contribution is 2.38. The molecule has 1 aliphatic carbocycles. The van der Waals surface area contributed by atoms with Crippen LogP contribution in [-0.2, 0) is 14.3 Å². The number of anilines is 1. The first-order chi connectivity index (χ1) is 14.6. The van der Waals surface area contributed by atoms with E-state index in [2.05, 4.69) is 15.4 Å². The van der Waals surface area contributed by atoms with E-state index in [9.17, 15) is 9.59 Å². The molecule has 30 heavy (non-hydrogen) atoms. The average Bonchev–Trinajstić information content (AvgIpc) is 3.42. The fraction of sp³-hybridized carbons (Fsp3) is 0.455. The molecule has 4 rings (SSSR count). The summed E-state index contributed by atoms with van der Waals surface area (Å²) >= 11 is 0. The number of nitrogens with zero attached hydrogens (tertiary/aromatic N) is 4. The third-order valence-corrected chi connectivity index (χ3v) is 5.74. The molecule has 8 heteroatoms. The minimum absolute atomic E-state index is 0.0748. The van der Waals surface area contributed by atoms with Gasteiger partial charge in [0.15, 0.2) is 0 Å². The van der Waals surface area contributed by atoms with Gasteiger partial charge in [-0.2, -0.15) is 10.1 Å². The number of rotatable bonds is 6. The van der Waals surface area contributed by atoms with E-state index < -0.39 is 12.0 Å². The lowest BCUT2D eigenvalue weighted by Crippen LogP contribution is -2.44. The Morgan fingerprint density at radius 3 is 2.63 bits per heavy atom. The number of carbonyl (C=O) groups excluding carboxylic acids is 2. The van der Waals surface area contributed by atoms with Crippen molar-refractivity contribution in [1.29, 1.82) is 0 Å². The van der Waals surface area contributed by atoms with Gasteiger partial charge in [-0.15, -0.1) is 0 Å². The van der Waals surface area contributed by atoms with Gasteiger partial charge in [-0.1, -0.05) is 43.2 Å². The van der Waals surface area contributed by atoms with Crippen LogP contribution in [0.25, 0.3) is 0 Å². The third-order valence-electron chi connectivity index (χ3n) is 5.74. The first kappa shape index (κ1) is 20.1. The molecular formula is C22H27N5O3. The van der Waals surface area contributed by atoms with Crippen molar-refractivity contribution >= 4 is 17.8 Å². The highest BCUT2D eigenvalue weighted by atomic mass is 16.5. The van der Waals surface area contributed by atoms with E-state index in [1.165, 1.54) is 6.33 Å². The van der Waals surface area contributed by atoms with Gasteiger partial charge in [-0.05, 0) is 32.3 Å². The van der Waals surface area contributed by atoms with Crippen LogP contribution in [0, 0.1) is 0 Å². The highest BCUT2D eigenvalue weighted by Gasteiger charge is 2.38. The van der Waals surface area contributed by atoms with Gasteiger partial charge < -0.3 is 15.0 Å². The molecule has 0 spiro atoms. The molecule has 1 fully saturated rings. The standard InChI is InChI=1S/C22H27N5O3/c1-3-30-21(29)19-15(2)26(13-18(28)25-17-11-7-8-12-17)22-23-14-24-27(22)20(19)16-9-5-4-6-10-16/h4-6,9-10,14,17,20H,3,7-8,11-13H2,1-2H3,(H,25,28)/t20-/m0/s1. The van der Waals surface area contributed by atoms with Crippen LogP contribution in [-0.4, -0.2) is 45.8 Å². The monoisotopic (exact) mass is 409 g/mol. The third kappa shape index (κ3) is 3.81. The largest absolute Gasteiger partial charge is 0.463 e. The zero-order valence-electron chi connectivity index (χ0n) is 17.4. The Morgan fingerprint density at radius 1 is 1.20 bits per heavy atom. The smallest absolute Gasteiger partial charge is 0.338 e. The lowest BCUT2D eigenvalue weighted by Gasteiger charge is -2.35. The van der Waals surface area contributed by atoms with Gasteiger partial charge in [0.25, 0.3) is 0 Å². The minimum atomic E-state index is -0.461. The molecule has 1 amide bonds. The predicted molar refractivity (Wildman–Crippen MR) is 112 cm³/mol. The molecule has 0 bridgehead atoms. The maximum atomic E-state index is 13.0. The molecule has 1 aromatic carbocycles. The fourth-order valence-corrected chi connectivity index (χ4v) is 4.32. The topological polar surface area (TPSA) is 89.3 Å². The maximum Gasteiger partial charge on any atom is 0.338 e. The summed E-state index contributed by atoms with van der Waals surface area (Å²) in [5.41, 5.74) is 2.03. The molecule has 1 N–H and O–H groups in total. The number of fused-ring (bicyclic) bond motifs is 1. The molecule has 2 heterocycles. The molecule has 1 aliphatic heterocycles. The van der Waals surface area contributed by atoms with Gasteiger partial charge in [-0.3, -0.25) is 4.79 Å². The van der Waals surface area contributed by atoms with E-state index >= 15 is 0 Å². The summed E-state index contributed by atoms with van der Waals surface area (Å²) in [6.07, 6.45) is 5.78. The van der Waals surface area contributed by atoms with Gasteiger partial charge in [0.2, 0.25) is 11.9 Å². The average molecular weight is 409 g/mol. The van der Waals surface area contributed by atoms with E-state index in [1.54, 1.807) is 16.5 Å². The number of nitrogens with one attached hydrogen (secondary N) is 1. The molecule has 0 unspecified atom stereocenters. The van der Waals surface area contributed by atoms with Gasteiger partial charge >= 0.3 is 5.97 Å².